The molecule has 0 saturated heterocycles. The van der Waals surface area contributed by atoms with Crippen molar-refractivity contribution in [2.24, 2.45) is 0 Å². The minimum absolute atomic E-state index is 0.171. The van der Waals surface area contributed by atoms with Crippen molar-refractivity contribution in [1.82, 2.24) is 4.98 Å². The van der Waals surface area contributed by atoms with Gasteiger partial charge in [0.2, 0.25) is 5.91 Å². The summed E-state index contributed by atoms with van der Waals surface area (Å²) >= 11 is 1.05. The van der Waals surface area contributed by atoms with Crippen molar-refractivity contribution >= 4 is 37.4 Å². The van der Waals surface area contributed by atoms with Crippen molar-refractivity contribution in [3.8, 4) is 0 Å². The predicted molar refractivity (Wildman–Crippen MR) is 73.7 cm³/mol. The third-order valence-electron chi connectivity index (χ3n) is 2.08. The van der Waals surface area contributed by atoms with E-state index in [9.17, 15) is 13.2 Å². The lowest BCUT2D eigenvalue weighted by atomic mass is 10.4. The summed E-state index contributed by atoms with van der Waals surface area (Å²) in [6.07, 6.45) is 1.36. The van der Waals surface area contributed by atoms with Crippen LogP contribution in [0.3, 0.4) is 0 Å². The lowest BCUT2D eigenvalue weighted by Crippen LogP contribution is -2.11. The van der Waals surface area contributed by atoms with Gasteiger partial charge in [0.25, 0.3) is 10.0 Å². The summed E-state index contributed by atoms with van der Waals surface area (Å²) in [5, 5.41) is 3.17. The van der Waals surface area contributed by atoms with Crippen LogP contribution >= 0.6 is 11.3 Å². The first-order valence-electron chi connectivity index (χ1n) is 5.29. The van der Waals surface area contributed by atoms with E-state index in [1.807, 2.05) is 0 Å². The number of carbonyl (C=O) groups is 1. The highest BCUT2D eigenvalue weighted by molar-refractivity contribution is 7.93. The Morgan fingerprint density at radius 3 is 2.58 bits per heavy atom. The zero-order valence-electron chi connectivity index (χ0n) is 9.95. The van der Waals surface area contributed by atoms with Crippen LogP contribution in [0.5, 0.6) is 0 Å². The van der Waals surface area contributed by atoms with E-state index in [4.69, 9.17) is 0 Å². The molecule has 0 aliphatic rings. The number of benzene rings is 1. The molecule has 0 unspecified atom stereocenters. The molecule has 100 valence electrons. The van der Waals surface area contributed by atoms with Gasteiger partial charge >= 0.3 is 0 Å². The number of rotatable bonds is 4. The first-order chi connectivity index (χ1) is 8.97. The summed E-state index contributed by atoms with van der Waals surface area (Å²) in [4.78, 5) is 14.9. The maximum absolute atomic E-state index is 12.0. The number of nitrogens with zero attached hydrogens (tertiary/aromatic N) is 1. The number of hydrogen-bond acceptors (Lipinski definition) is 5. The Balaban J connectivity index is 2.17. The van der Waals surface area contributed by atoms with Gasteiger partial charge in [0.1, 0.15) is 5.00 Å². The highest BCUT2D eigenvalue weighted by atomic mass is 32.2. The summed E-state index contributed by atoms with van der Waals surface area (Å²) in [6, 6.07) is 8.02. The average molecular weight is 297 g/mol. The SMILES string of the molecule is CC(=O)Nc1ncc(NS(=O)(=O)c2ccccc2)s1. The Morgan fingerprint density at radius 2 is 1.95 bits per heavy atom. The van der Waals surface area contributed by atoms with Gasteiger partial charge in [0, 0.05) is 6.92 Å². The van der Waals surface area contributed by atoms with Crippen molar-refractivity contribution in [2.75, 3.05) is 10.0 Å². The summed E-state index contributed by atoms with van der Waals surface area (Å²) in [7, 11) is -3.62. The number of nitrogens with one attached hydrogen (secondary N) is 2. The van der Waals surface area contributed by atoms with E-state index in [-0.39, 0.29) is 10.8 Å². The Morgan fingerprint density at radius 1 is 1.26 bits per heavy atom. The standard InChI is InChI=1S/C11H11N3O3S2/c1-8(15)13-11-12-7-10(18-11)14-19(16,17)9-5-3-2-4-6-9/h2-7,14H,1H3,(H,12,13,15). The number of thiazole rings is 1. The van der Waals surface area contributed by atoms with Crippen LogP contribution < -0.4 is 10.0 Å². The smallest absolute Gasteiger partial charge is 0.262 e. The second-order valence-electron chi connectivity index (χ2n) is 3.63. The molecule has 0 fully saturated rings. The predicted octanol–water partition coefficient (Wildman–Crippen LogP) is 1.90. The number of sulfonamides is 1. The fourth-order valence-corrected chi connectivity index (χ4v) is 3.38. The molecule has 6 nitrogen and oxygen atoms in total. The summed E-state index contributed by atoms with van der Waals surface area (Å²) in [6.45, 7) is 1.36. The average Bonchev–Trinajstić information content (AvgIpc) is 2.76. The Kier molecular flexibility index (Phi) is 3.82. The van der Waals surface area contributed by atoms with E-state index in [1.165, 1.54) is 25.3 Å². The molecule has 1 amide bonds. The molecule has 0 aliphatic carbocycles. The lowest BCUT2D eigenvalue weighted by Gasteiger charge is -2.04. The highest BCUT2D eigenvalue weighted by Gasteiger charge is 2.15. The van der Waals surface area contributed by atoms with Crippen molar-refractivity contribution in [2.45, 2.75) is 11.8 Å². The molecule has 2 aromatic rings. The number of hydrogen-bond donors (Lipinski definition) is 2. The van der Waals surface area contributed by atoms with Crippen molar-refractivity contribution in [3.05, 3.63) is 36.5 Å². The molecular formula is C11H11N3O3S2. The number of anilines is 2. The third kappa shape index (κ3) is 3.52. The second kappa shape index (κ2) is 5.37. The van der Waals surface area contributed by atoms with E-state index >= 15 is 0 Å². The van der Waals surface area contributed by atoms with Gasteiger partial charge in [-0.25, -0.2) is 13.4 Å². The fourth-order valence-electron chi connectivity index (χ4n) is 1.32. The molecule has 0 radical (unpaired) electrons. The first-order valence-corrected chi connectivity index (χ1v) is 7.58. The van der Waals surface area contributed by atoms with Crippen LogP contribution in [0, 0.1) is 0 Å². The summed E-state index contributed by atoms with van der Waals surface area (Å²) in [5.74, 6) is -0.258. The van der Waals surface area contributed by atoms with Gasteiger partial charge in [-0.2, -0.15) is 0 Å². The molecule has 0 saturated carbocycles. The van der Waals surface area contributed by atoms with Gasteiger partial charge < -0.3 is 5.32 Å². The van der Waals surface area contributed by atoms with E-state index in [1.54, 1.807) is 18.2 Å². The molecule has 19 heavy (non-hydrogen) atoms. The zero-order valence-corrected chi connectivity index (χ0v) is 11.6. The van der Waals surface area contributed by atoms with E-state index < -0.39 is 10.0 Å². The summed E-state index contributed by atoms with van der Waals surface area (Å²) in [5.41, 5.74) is 0. The summed E-state index contributed by atoms with van der Waals surface area (Å²) < 4.78 is 26.4. The van der Waals surface area contributed by atoms with Crippen molar-refractivity contribution in [3.63, 3.8) is 0 Å². The maximum atomic E-state index is 12.0. The van der Waals surface area contributed by atoms with Crippen LogP contribution in [0.4, 0.5) is 10.1 Å². The van der Waals surface area contributed by atoms with Crippen LogP contribution in [0.15, 0.2) is 41.4 Å². The molecule has 0 bridgehead atoms. The molecule has 1 aromatic carbocycles. The Bertz CT molecular complexity index is 680. The van der Waals surface area contributed by atoms with Gasteiger partial charge in [0.15, 0.2) is 5.13 Å². The number of carbonyl (C=O) groups excluding carboxylic acids is 1. The van der Waals surface area contributed by atoms with Gasteiger partial charge in [-0.1, -0.05) is 29.5 Å². The van der Waals surface area contributed by atoms with Crippen LogP contribution in [0.1, 0.15) is 6.92 Å². The minimum Gasteiger partial charge on any atom is -0.302 e. The largest absolute Gasteiger partial charge is 0.302 e. The van der Waals surface area contributed by atoms with Crippen LogP contribution in [-0.4, -0.2) is 19.3 Å². The topological polar surface area (TPSA) is 88.2 Å². The molecule has 2 rings (SSSR count). The molecule has 1 aromatic heterocycles. The molecule has 1 heterocycles. The van der Waals surface area contributed by atoms with Gasteiger partial charge in [-0.05, 0) is 12.1 Å². The molecule has 0 aliphatic heterocycles. The second-order valence-corrected chi connectivity index (χ2v) is 6.34. The molecule has 0 atom stereocenters. The van der Waals surface area contributed by atoms with E-state index in [0.717, 1.165) is 11.3 Å². The highest BCUT2D eigenvalue weighted by Crippen LogP contribution is 2.25. The first kappa shape index (κ1) is 13.5. The Hall–Kier alpha value is -1.93. The van der Waals surface area contributed by atoms with Gasteiger partial charge in [0.05, 0.1) is 11.1 Å². The van der Waals surface area contributed by atoms with E-state index in [2.05, 4.69) is 15.0 Å². The molecule has 0 spiro atoms. The molecule has 8 heteroatoms. The van der Waals surface area contributed by atoms with E-state index in [0.29, 0.717) is 10.1 Å². The minimum atomic E-state index is -3.62. The van der Waals surface area contributed by atoms with Crippen LogP contribution in [0.2, 0.25) is 0 Å². The monoisotopic (exact) mass is 297 g/mol. The van der Waals surface area contributed by atoms with Crippen molar-refractivity contribution < 1.29 is 13.2 Å². The van der Waals surface area contributed by atoms with Gasteiger partial charge in [-0.3, -0.25) is 9.52 Å². The number of amides is 1. The van der Waals surface area contributed by atoms with Crippen molar-refractivity contribution in [1.29, 1.82) is 0 Å². The maximum Gasteiger partial charge on any atom is 0.262 e. The zero-order chi connectivity index (χ0) is 13.9. The molecule has 2 N–H and O–H groups in total. The normalized spacial score (nSPS) is 11.0. The quantitative estimate of drug-likeness (QED) is 0.902. The number of aromatic nitrogens is 1. The third-order valence-corrected chi connectivity index (χ3v) is 4.42. The van der Waals surface area contributed by atoms with Crippen LogP contribution in [-0.2, 0) is 14.8 Å². The Labute approximate surface area is 114 Å². The molecular weight excluding hydrogens is 286 g/mol. The lowest BCUT2D eigenvalue weighted by molar-refractivity contribution is -0.114. The fraction of sp³-hybridized carbons (Fsp3) is 0.0909. The van der Waals surface area contributed by atoms with Gasteiger partial charge in [-0.15, -0.1) is 0 Å². The van der Waals surface area contributed by atoms with Crippen LogP contribution in [0.25, 0.3) is 0 Å².